The second-order valence-electron chi connectivity index (χ2n) is 6.12. The molecule has 2 N–H and O–H groups in total. The molecule has 28 heavy (non-hydrogen) atoms. The Morgan fingerprint density at radius 1 is 1.18 bits per heavy atom. The van der Waals surface area contributed by atoms with Crippen LogP contribution in [0.5, 0.6) is 0 Å². The Morgan fingerprint density at radius 3 is 2.61 bits per heavy atom. The van der Waals surface area contributed by atoms with Crippen LogP contribution in [0.15, 0.2) is 41.8 Å². The van der Waals surface area contributed by atoms with Crippen LogP contribution in [0.2, 0.25) is 0 Å². The number of carbonyl (C=O) groups excluding carboxylic acids is 2. The van der Waals surface area contributed by atoms with Gasteiger partial charge in [0.1, 0.15) is 5.69 Å². The summed E-state index contributed by atoms with van der Waals surface area (Å²) in [4.78, 5) is 38.1. The maximum absolute atomic E-state index is 12.3. The number of para-hydroxylation sites is 2. The minimum Gasteiger partial charge on any atom is -0.379 e. The molecule has 148 valence electrons. The molecule has 0 spiro atoms. The van der Waals surface area contributed by atoms with Crippen molar-refractivity contribution < 1.29 is 19.2 Å². The van der Waals surface area contributed by atoms with E-state index in [0.717, 1.165) is 18.0 Å². The molecule has 1 saturated heterocycles. The number of thiophene rings is 1. The highest BCUT2D eigenvalue weighted by Crippen LogP contribution is 2.26. The van der Waals surface area contributed by atoms with E-state index in [0.29, 0.717) is 13.2 Å². The molecule has 1 aliphatic heterocycles. The van der Waals surface area contributed by atoms with Crippen LogP contribution in [0.3, 0.4) is 0 Å². The molecule has 2 aromatic rings. The lowest BCUT2D eigenvalue weighted by Gasteiger charge is -2.34. The van der Waals surface area contributed by atoms with Crippen LogP contribution < -0.4 is 10.6 Å². The first kappa shape index (κ1) is 19.9. The summed E-state index contributed by atoms with van der Waals surface area (Å²) in [5, 5.41) is 17.9. The summed E-state index contributed by atoms with van der Waals surface area (Å²) in [6, 6.07) is 9.55. The standard InChI is InChI=1S/C18H20N4O5S/c23-17(18(24)20-13-4-1-2-5-14(13)22(25)26)19-12-15(16-6-3-11-28-16)21-7-9-27-10-8-21/h1-6,11,15H,7-10,12H2,(H,19,23)(H,20,24)/t15-/m1/s1. The number of hydrogen-bond acceptors (Lipinski definition) is 7. The number of hydrogen-bond donors (Lipinski definition) is 2. The maximum Gasteiger partial charge on any atom is 0.313 e. The van der Waals surface area contributed by atoms with Crippen LogP contribution >= 0.6 is 11.3 Å². The molecular weight excluding hydrogens is 384 g/mol. The molecule has 9 nitrogen and oxygen atoms in total. The fourth-order valence-corrected chi connectivity index (χ4v) is 3.83. The normalized spacial score (nSPS) is 15.6. The average molecular weight is 404 g/mol. The van der Waals surface area contributed by atoms with Gasteiger partial charge in [0.2, 0.25) is 0 Å². The number of nitro benzene ring substituents is 1. The van der Waals surface area contributed by atoms with Crippen LogP contribution in [-0.4, -0.2) is 54.5 Å². The van der Waals surface area contributed by atoms with E-state index in [2.05, 4.69) is 15.5 Å². The molecule has 1 aliphatic rings. The van der Waals surface area contributed by atoms with Crippen LogP contribution in [-0.2, 0) is 14.3 Å². The van der Waals surface area contributed by atoms with Crippen molar-refractivity contribution in [3.8, 4) is 0 Å². The van der Waals surface area contributed by atoms with E-state index in [1.54, 1.807) is 17.4 Å². The Bertz CT molecular complexity index is 836. The minimum absolute atomic E-state index is 0.0179. The first-order chi connectivity index (χ1) is 13.6. The van der Waals surface area contributed by atoms with E-state index in [1.165, 1.54) is 18.2 Å². The zero-order valence-electron chi connectivity index (χ0n) is 15.0. The molecule has 0 bridgehead atoms. The van der Waals surface area contributed by atoms with E-state index in [1.807, 2.05) is 17.5 Å². The van der Waals surface area contributed by atoms with Gasteiger partial charge in [0.05, 0.1) is 24.2 Å². The third-order valence-corrected chi connectivity index (χ3v) is 5.34. The van der Waals surface area contributed by atoms with Gasteiger partial charge in [-0.3, -0.25) is 24.6 Å². The number of benzene rings is 1. The summed E-state index contributed by atoms with van der Waals surface area (Å²) in [6.45, 7) is 2.97. The number of ether oxygens (including phenoxy) is 1. The molecule has 1 atom stereocenters. The second-order valence-corrected chi connectivity index (χ2v) is 7.10. The summed E-state index contributed by atoms with van der Waals surface area (Å²) >= 11 is 1.58. The zero-order chi connectivity index (χ0) is 19.9. The van der Waals surface area contributed by atoms with E-state index in [4.69, 9.17) is 4.74 Å². The number of morpholine rings is 1. The average Bonchev–Trinajstić information content (AvgIpc) is 3.23. The highest BCUT2D eigenvalue weighted by molar-refractivity contribution is 7.10. The number of nitro groups is 1. The third kappa shape index (κ3) is 4.91. The fourth-order valence-electron chi connectivity index (χ4n) is 2.97. The van der Waals surface area contributed by atoms with Crippen molar-refractivity contribution in [2.75, 3.05) is 38.2 Å². The van der Waals surface area contributed by atoms with Crippen molar-refractivity contribution in [2.45, 2.75) is 6.04 Å². The highest BCUT2D eigenvalue weighted by Gasteiger charge is 2.26. The molecule has 0 aliphatic carbocycles. The smallest absolute Gasteiger partial charge is 0.313 e. The first-order valence-electron chi connectivity index (χ1n) is 8.74. The Hall–Kier alpha value is -2.82. The molecule has 0 saturated carbocycles. The van der Waals surface area contributed by atoms with Crippen molar-refractivity contribution in [3.05, 3.63) is 56.8 Å². The minimum atomic E-state index is -0.943. The van der Waals surface area contributed by atoms with Gasteiger partial charge < -0.3 is 15.4 Å². The molecule has 0 radical (unpaired) electrons. The van der Waals surface area contributed by atoms with Gasteiger partial charge in [0.25, 0.3) is 5.69 Å². The van der Waals surface area contributed by atoms with Crippen molar-refractivity contribution in [3.63, 3.8) is 0 Å². The van der Waals surface area contributed by atoms with Gasteiger partial charge in [-0.05, 0) is 17.5 Å². The van der Waals surface area contributed by atoms with E-state index in [9.17, 15) is 19.7 Å². The zero-order valence-corrected chi connectivity index (χ0v) is 15.8. The summed E-state index contributed by atoms with van der Waals surface area (Å²) < 4.78 is 5.38. The van der Waals surface area contributed by atoms with Gasteiger partial charge in [-0.1, -0.05) is 18.2 Å². The van der Waals surface area contributed by atoms with Gasteiger partial charge >= 0.3 is 11.8 Å². The molecule has 1 fully saturated rings. The molecule has 1 aromatic carbocycles. The third-order valence-electron chi connectivity index (χ3n) is 4.37. The fraction of sp³-hybridized carbons (Fsp3) is 0.333. The molecule has 2 heterocycles. The molecule has 0 unspecified atom stereocenters. The van der Waals surface area contributed by atoms with Gasteiger partial charge in [0.15, 0.2) is 0 Å². The maximum atomic E-state index is 12.3. The van der Waals surface area contributed by atoms with Gasteiger partial charge in [-0.15, -0.1) is 11.3 Å². The van der Waals surface area contributed by atoms with Crippen LogP contribution in [0, 0.1) is 10.1 Å². The second kappa shape index (κ2) is 9.40. The van der Waals surface area contributed by atoms with Crippen LogP contribution in [0.4, 0.5) is 11.4 Å². The topological polar surface area (TPSA) is 114 Å². The number of anilines is 1. The van der Waals surface area contributed by atoms with Gasteiger partial charge in [0, 0.05) is 30.6 Å². The van der Waals surface area contributed by atoms with Crippen molar-refractivity contribution in [2.24, 2.45) is 0 Å². The number of nitrogens with one attached hydrogen (secondary N) is 2. The lowest BCUT2D eigenvalue weighted by molar-refractivity contribution is -0.383. The SMILES string of the molecule is O=C(NC[C@H](c1cccs1)N1CCOCC1)C(=O)Nc1ccccc1[N+](=O)[O-]. The van der Waals surface area contributed by atoms with E-state index < -0.39 is 16.7 Å². The largest absolute Gasteiger partial charge is 0.379 e. The predicted molar refractivity (Wildman–Crippen MR) is 104 cm³/mol. The van der Waals surface area contributed by atoms with Crippen molar-refractivity contribution in [1.29, 1.82) is 0 Å². The lowest BCUT2D eigenvalue weighted by Crippen LogP contribution is -2.45. The Morgan fingerprint density at radius 2 is 1.93 bits per heavy atom. The van der Waals surface area contributed by atoms with Crippen LogP contribution in [0.25, 0.3) is 0 Å². The number of carbonyl (C=O) groups is 2. The van der Waals surface area contributed by atoms with Crippen molar-refractivity contribution >= 4 is 34.5 Å². The number of nitrogens with zero attached hydrogens (tertiary/aromatic N) is 2. The Labute approximate surface area is 165 Å². The van der Waals surface area contributed by atoms with Crippen LogP contribution in [0.1, 0.15) is 10.9 Å². The summed E-state index contributed by atoms with van der Waals surface area (Å²) in [5.74, 6) is -1.78. The lowest BCUT2D eigenvalue weighted by atomic mass is 10.2. The van der Waals surface area contributed by atoms with Gasteiger partial charge in [-0.25, -0.2) is 0 Å². The molecular formula is C18H20N4O5S. The Balaban J connectivity index is 1.63. The monoisotopic (exact) mass is 404 g/mol. The quantitative estimate of drug-likeness (QED) is 0.431. The molecule has 1 aromatic heterocycles. The molecule has 3 rings (SSSR count). The predicted octanol–water partition coefficient (Wildman–Crippen LogP) is 1.78. The Kier molecular flexibility index (Phi) is 6.69. The number of rotatable bonds is 6. The van der Waals surface area contributed by atoms with Crippen molar-refractivity contribution in [1.82, 2.24) is 10.2 Å². The first-order valence-corrected chi connectivity index (χ1v) is 9.62. The molecule has 2 amide bonds. The van der Waals surface area contributed by atoms with E-state index in [-0.39, 0.29) is 24.0 Å². The molecule has 10 heteroatoms. The van der Waals surface area contributed by atoms with E-state index >= 15 is 0 Å². The highest BCUT2D eigenvalue weighted by atomic mass is 32.1. The number of amides is 2. The summed E-state index contributed by atoms with van der Waals surface area (Å²) in [6.07, 6.45) is 0. The van der Waals surface area contributed by atoms with Gasteiger partial charge in [-0.2, -0.15) is 0 Å². The summed E-state index contributed by atoms with van der Waals surface area (Å²) in [7, 11) is 0. The summed E-state index contributed by atoms with van der Waals surface area (Å²) in [5.41, 5.74) is -0.288.